The van der Waals surface area contributed by atoms with Crippen LogP contribution >= 0.6 is 0 Å². The van der Waals surface area contributed by atoms with E-state index >= 15 is 0 Å². The number of hydrogen-bond donors (Lipinski definition) is 0. The van der Waals surface area contributed by atoms with E-state index < -0.39 is 23.7 Å². The van der Waals surface area contributed by atoms with Crippen LogP contribution in [0.15, 0.2) is 5.10 Å². The Hall–Kier alpha value is -1.08. The molecule has 0 aromatic carbocycles. The molecule has 3 nitrogen and oxygen atoms in total. The molecule has 0 spiro atoms. The maximum atomic E-state index is 13.4. The van der Waals surface area contributed by atoms with E-state index in [1.54, 1.807) is 20.8 Å². The lowest BCUT2D eigenvalue weighted by molar-refractivity contribution is -0.313. The third-order valence-corrected chi connectivity index (χ3v) is 2.41. The fourth-order valence-electron chi connectivity index (χ4n) is 1.75. The van der Waals surface area contributed by atoms with E-state index in [4.69, 9.17) is 0 Å². The zero-order chi connectivity index (χ0) is 14.4. The second-order valence-electron chi connectivity index (χ2n) is 5.53. The summed E-state index contributed by atoms with van der Waals surface area (Å²) >= 11 is 0. The van der Waals surface area contributed by atoms with Crippen LogP contribution in [0.4, 0.5) is 22.0 Å². The second-order valence-corrected chi connectivity index (χ2v) is 5.53. The molecule has 0 radical (unpaired) electrons. The lowest BCUT2D eigenvalue weighted by Crippen LogP contribution is -2.59. The maximum absolute atomic E-state index is 13.4. The van der Waals surface area contributed by atoms with E-state index in [0.29, 0.717) is 5.01 Å². The minimum atomic E-state index is -5.60. The van der Waals surface area contributed by atoms with Gasteiger partial charge in [-0.05, 0) is 5.41 Å². The highest BCUT2D eigenvalue weighted by atomic mass is 19.4. The average Bonchev–Trinajstić information content (AvgIpc) is 2.42. The predicted molar refractivity (Wildman–Crippen MR) is 57.2 cm³/mol. The first kappa shape index (κ1) is 15.0. The van der Waals surface area contributed by atoms with Crippen molar-refractivity contribution in [1.82, 2.24) is 9.91 Å². The van der Waals surface area contributed by atoms with Crippen molar-refractivity contribution >= 4 is 6.34 Å². The molecule has 1 heterocycles. The molecule has 0 saturated carbocycles. The highest BCUT2D eigenvalue weighted by Gasteiger charge is 2.66. The molecular weight excluding hydrogens is 257 g/mol. The minimum absolute atomic E-state index is 0.0528. The second kappa shape index (κ2) is 4.24. The van der Waals surface area contributed by atoms with Crippen LogP contribution in [0.1, 0.15) is 20.8 Å². The number of halogens is 5. The Morgan fingerprint density at radius 1 is 1.11 bits per heavy atom. The fourth-order valence-corrected chi connectivity index (χ4v) is 1.75. The molecule has 0 N–H and O–H groups in total. The van der Waals surface area contributed by atoms with Gasteiger partial charge in [-0.3, -0.25) is 5.01 Å². The highest BCUT2D eigenvalue weighted by molar-refractivity contribution is 5.57. The van der Waals surface area contributed by atoms with Crippen molar-refractivity contribution in [3.05, 3.63) is 0 Å². The summed E-state index contributed by atoms with van der Waals surface area (Å²) < 4.78 is 64.1. The third-order valence-electron chi connectivity index (χ3n) is 2.41. The van der Waals surface area contributed by atoms with Crippen LogP contribution in [-0.4, -0.2) is 48.1 Å². The predicted octanol–water partition coefficient (Wildman–Crippen LogP) is 2.75. The summed E-state index contributed by atoms with van der Waals surface area (Å²) in [4.78, 5) is 0.924. The maximum Gasteiger partial charge on any atom is 0.457 e. The normalized spacial score (nSPS) is 21.9. The molecule has 0 aliphatic carbocycles. The van der Waals surface area contributed by atoms with Gasteiger partial charge in [0.2, 0.25) is 0 Å². The zero-order valence-corrected chi connectivity index (χ0v) is 10.6. The molecule has 1 atom stereocenters. The Morgan fingerprint density at radius 3 is 2.00 bits per heavy atom. The molecule has 0 aromatic rings. The van der Waals surface area contributed by atoms with Gasteiger partial charge in [-0.2, -0.15) is 27.1 Å². The van der Waals surface area contributed by atoms with Gasteiger partial charge in [-0.1, -0.05) is 20.8 Å². The van der Waals surface area contributed by atoms with Gasteiger partial charge in [0, 0.05) is 13.6 Å². The van der Waals surface area contributed by atoms with Crippen molar-refractivity contribution in [1.29, 1.82) is 0 Å². The lowest BCUT2D eigenvalue weighted by atomic mass is 9.95. The van der Waals surface area contributed by atoms with Gasteiger partial charge in [-0.25, -0.2) is 0 Å². The number of alkyl halides is 5. The molecule has 1 aliphatic rings. The standard InChI is InChI=1S/C10H16F5N3/c1-8(2,3)5-18-6-16-17(4)7(18)9(11,12)10(13,14)15/h6-7H,5H2,1-4H3. The monoisotopic (exact) mass is 273 g/mol. The van der Waals surface area contributed by atoms with E-state index in [0.717, 1.165) is 18.3 Å². The largest absolute Gasteiger partial charge is 0.457 e. The quantitative estimate of drug-likeness (QED) is 0.720. The Labute approximate surface area is 102 Å². The Kier molecular flexibility index (Phi) is 3.53. The molecule has 1 rings (SSSR count). The average molecular weight is 273 g/mol. The fraction of sp³-hybridized carbons (Fsp3) is 0.900. The molecule has 18 heavy (non-hydrogen) atoms. The van der Waals surface area contributed by atoms with Crippen LogP contribution in [0.2, 0.25) is 0 Å². The number of rotatable bonds is 2. The van der Waals surface area contributed by atoms with Gasteiger partial charge in [-0.15, -0.1) is 0 Å². The molecule has 1 unspecified atom stereocenters. The summed E-state index contributed by atoms with van der Waals surface area (Å²) in [5, 5.41) is 4.16. The van der Waals surface area contributed by atoms with Gasteiger partial charge in [0.05, 0.1) is 0 Å². The highest BCUT2D eigenvalue weighted by Crippen LogP contribution is 2.42. The van der Waals surface area contributed by atoms with E-state index in [-0.39, 0.29) is 6.54 Å². The third kappa shape index (κ3) is 2.84. The first-order valence-corrected chi connectivity index (χ1v) is 5.33. The van der Waals surface area contributed by atoms with Crippen LogP contribution in [0, 0.1) is 5.41 Å². The van der Waals surface area contributed by atoms with Crippen molar-refractivity contribution < 1.29 is 22.0 Å². The molecule has 0 saturated heterocycles. The molecule has 106 valence electrons. The van der Waals surface area contributed by atoms with Crippen LogP contribution in [0.3, 0.4) is 0 Å². The van der Waals surface area contributed by atoms with Crippen molar-refractivity contribution in [3.8, 4) is 0 Å². The summed E-state index contributed by atoms with van der Waals surface area (Å²) in [6.45, 7) is 5.31. The van der Waals surface area contributed by atoms with Crippen LogP contribution in [-0.2, 0) is 0 Å². The van der Waals surface area contributed by atoms with Gasteiger partial charge in [0.15, 0.2) is 6.17 Å². The van der Waals surface area contributed by atoms with Crippen molar-refractivity contribution in [2.75, 3.05) is 13.6 Å². The summed E-state index contributed by atoms with van der Waals surface area (Å²) in [6, 6.07) is 0. The van der Waals surface area contributed by atoms with Gasteiger partial charge in [0.25, 0.3) is 0 Å². The number of hydrazone groups is 1. The SMILES string of the molecule is CN1N=CN(CC(C)(C)C)C1C(F)(F)C(F)(F)F. The van der Waals surface area contributed by atoms with Crippen LogP contribution in [0.5, 0.6) is 0 Å². The first-order valence-electron chi connectivity index (χ1n) is 5.33. The molecule has 0 amide bonds. The molecule has 1 aliphatic heterocycles. The Balaban J connectivity index is 2.98. The summed E-state index contributed by atoms with van der Waals surface area (Å²) in [5.41, 5.74) is -0.420. The summed E-state index contributed by atoms with van der Waals surface area (Å²) in [5.74, 6) is -4.84. The van der Waals surface area contributed by atoms with Gasteiger partial charge >= 0.3 is 12.1 Å². The lowest BCUT2D eigenvalue weighted by Gasteiger charge is -2.37. The Morgan fingerprint density at radius 2 is 1.61 bits per heavy atom. The number of hydrogen-bond acceptors (Lipinski definition) is 3. The smallest absolute Gasteiger partial charge is 0.334 e. The first-order chi connectivity index (χ1) is 7.86. The van der Waals surface area contributed by atoms with Gasteiger partial charge in [0.1, 0.15) is 6.34 Å². The zero-order valence-electron chi connectivity index (χ0n) is 10.6. The molecule has 0 bridgehead atoms. The minimum Gasteiger partial charge on any atom is -0.334 e. The Bertz CT molecular complexity index is 331. The van der Waals surface area contributed by atoms with E-state index in [1.807, 2.05) is 0 Å². The molecule has 0 fully saturated rings. The van der Waals surface area contributed by atoms with Crippen molar-refractivity contribution in [3.63, 3.8) is 0 Å². The van der Waals surface area contributed by atoms with E-state index in [1.165, 1.54) is 0 Å². The summed E-state index contributed by atoms with van der Waals surface area (Å²) in [6.07, 6.45) is -6.71. The van der Waals surface area contributed by atoms with E-state index in [9.17, 15) is 22.0 Å². The molecule has 0 aromatic heterocycles. The number of nitrogens with zero attached hydrogens (tertiary/aromatic N) is 3. The van der Waals surface area contributed by atoms with Crippen molar-refractivity contribution in [2.24, 2.45) is 10.5 Å². The molecular formula is C10H16F5N3. The van der Waals surface area contributed by atoms with E-state index in [2.05, 4.69) is 5.10 Å². The molecule has 8 heteroatoms. The van der Waals surface area contributed by atoms with Crippen molar-refractivity contribution in [2.45, 2.75) is 39.0 Å². The van der Waals surface area contributed by atoms with Gasteiger partial charge < -0.3 is 4.90 Å². The summed E-state index contributed by atoms with van der Waals surface area (Å²) in [7, 11) is 1.10. The van der Waals surface area contributed by atoms with Crippen LogP contribution < -0.4 is 0 Å². The topological polar surface area (TPSA) is 18.8 Å². The van der Waals surface area contributed by atoms with Crippen LogP contribution in [0.25, 0.3) is 0 Å².